The minimum Gasteiger partial charge on any atom is -0.478 e. The van der Waals surface area contributed by atoms with Crippen LogP contribution >= 0.6 is 0 Å². The van der Waals surface area contributed by atoms with Gasteiger partial charge in [-0.05, 0) is 36.1 Å². The number of carboxylic acids is 1. The Hall–Kier alpha value is -3.16. The van der Waals surface area contributed by atoms with E-state index in [-0.39, 0.29) is 5.82 Å². The van der Waals surface area contributed by atoms with E-state index in [0.717, 1.165) is 17.5 Å². The van der Waals surface area contributed by atoms with E-state index >= 15 is 0 Å². The highest BCUT2D eigenvalue weighted by Crippen LogP contribution is 2.33. The summed E-state index contributed by atoms with van der Waals surface area (Å²) in [5.41, 5.74) is 0.0579. The third-order valence-corrected chi connectivity index (χ3v) is 4.09. The summed E-state index contributed by atoms with van der Waals surface area (Å²) in [6.45, 7) is 4.20. The van der Waals surface area contributed by atoms with Gasteiger partial charge >= 0.3 is 12.1 Å². The third-order valence-electron chi connectivity index (χ3n) is 4.09. The van der Waals surface area contributed by atoms with E-state index in [1.807, 2.05) is 24.3 Å². The van der Waals surface area contributed by atoms with Gasteiger partial charge in [0.2, 0.25) is 0 Å². The van der Waals surface area contributed by atoms with Gasteiger partial charge in [0.05, 0.1) is 11.9 Å². The molecule has 1 N–H and O–H groups in total. The molecule has 3 rings (SSSR count). The Labute approximate surface area is 159 Å². The standard InChI is InChI=1S/C20H18F3N3O2/c1-12(2)9-13-5-3-6-14(10-13)16-7-4-8-17(25-16)26-18(20(21,22)23)15(11-24-26)19(27)28/h3-8,10-12H,9H2,1-2H3,(H,27,28). The molecule has 0 atom stereocenters. The van der Waals surface area contributed by atoms with Gasteiger partial charge in [0.1, 0.15) is 5.56 Å². The average molecular weight is 389 g/mol. The number of rotatable bonds is 5. The van der Waals surface area contributed by atoms with Crippen LogP contribution in [0, 0.1) is 5.92 Å². The molecule has 0 aliphatic carbocycles. The highest BCUT2D eigenvalue weighted by atomic mass is 19.4. The van der Waals surface area contributed by atoms with Gasteiger partial charge in [-0.25, -0.2) is 14.5 Å². The predicted molar refractivity (Wildman–Crippen MR) is 97.3 cm³/mol. The van der Waals surface area contributed by atoms with Crippen molar-refractivity contribution in [3.8, 4) is 17.1 Å². The number of carboxylic acid groups (broad SMARTS) is 1. The van der Waals surface area contributed by atoms with Crippen molar-refractivity contribution in [2.45, 2.75) is 26.4 Å². The van der Waals surface area contributed by atoms with Crippen molar-refractivity contribution < 1.29 is 23.1 Å². The number of hydrogen-bond donors (Lipinski definition) is 1. The lowest BCUT2D eigenvalue weighted by molar-refractivity contribution is -0.143. The number of carbonyl (C=O) groups is 1. The second-order valence-corrected chi connectivity index (χ2v) is 6.80. The summed E-state index contributed by atoms with van der Waals surface area (Å²) in [5.74, 6) is -1.34. The van der Waals surface area contributed by atoms with Crippen LogP contribution in [0.4, 0.5) is 13.2 Å². The number of aromatic carboxylic acids is 1. The molecule has 0 aliphatic heterocycles. The fourth-order valence-corrected chi connectivity index (χ4v) is 2.98. The molecule has 0 spiro atoms. The molecule has 28 heavy (non-hydrogen) atoms. The third kappa shape index (κ3) is 4.05. The molecule has 2 aromatic heterocycles. The van der Waals surface area contributed by atoms with Crippen LogP contribution in [0.15, 0.2) is 48.7 Å². The summed E-state index contributed by atoms with van der Waals surface area (Å²) < 4.78 is 40.8. The van der Waals surface area contributed by atoms with Gasteiger partial charge in [-0.15, -0.1) is 0 Å². The van der Waals surface area contributed by atoms with Gasteiger partial charge in [0, 0.05) is 5.56 Å². The van der Waals surface area contributed by atoms with Crippen molar-refractivity contribution in [2.75, 3.05) is 0 Å². The largest absolute Gasteiger partial charge is 0.478 e. The van der Waals surface area contributed by atoms with Crippen LogP contribution in [0.5, 0.6) is 0 Å². The summed E-state index contributed by atoms with van der Waals surface area (Å²) in [6, 6.07) is 12.2. The SMILES string of the molecule is CC(C)Cc1cccc(-c2cccc(-n3ncc(C(=O)O)c3C(F)(F)F)n2)c1. The fraction of sp³-hybridized carbons (Fsp3) is 0.250. The number of pyridine rings is 1. The second kappa shape index (κ2) is 7.46. The van der Waals surface area contributed by atoms with Crippen molar-refractivity contribution in [1.29, 1.82) is 0 Å². The van der Waals surface area contributed by atoms with E-state index in [9.17, 15) is 18.0 Å². The zero-order valence-electron chi connectivity index (χ0n) is 15.2. The Morgan fingerprint density at radius 2 is 1.89 bits per heavy atom. The molecule has 0 bridgehead atoms. The Morgan fingerprint density at radius 1 is 1.18 bits per heavy atom. The number of alkyl halides is 3. The summed E-state index contributed by atoms with van der Waals surface area (Å²) in [4.78, 5) is 15.4. The molecule has 146 valence electrons. The minimum absolute atomic E-state index is 0.105. The molecule has 0 saturated carbocycles. The first-order valence-corrected chi connectivity index (χ1v) is 8.62. The predicted octanol–water partition coefficient (Wildman–Crippen LogP) is 4.85. The van der Waals surface area contributed by atoms with Crippen LogP contribution in [-0.2, 0) is 12.6 Å². The van der Waals surface area contributed by atoms with Crippen molar-refractivity contribution >= 4 is 5.97 Å². The van der Waals surface area contributed by atoms with Gasteiger partial charge in [-0.2, -0.15) is 18.3 Å². The van der Waals surface area contributed by atoms with Crippen LogP contribution in [0.1, 0.15) is 35.5 Å². The van der Waals surface area contributed by atoms with E-state index < -0.39 is 23.4 Å². The summed E-state index contributed by atoms with van der Waals surface area (Å²) in [5, 5.41) is 12.7. The fourth-order valence-electron chi connectivity index (χ4n) is 2.98. The van der Waals surface area contributed by atoms with Crippen molar-refractivity contribution in [1.82, 2.24) is 14.8 Å². The van der Waals surface area contributed by atoms with Crippen molar-refractivity contribution in [3.63, 3.8) is 0 Å². The molecule has 1 aromatic carbocycles. The quantitative estimate of drug-likeness (QED) is 0.677. The van der Waals surface area contributed by atoms with Gasteiger partial charge in [-0.1, -0.05) is 38.1 Å². The van der Waals surface area contributed by atoms with Crippen LogP contribution in [0.3, 0.4) is 0 Å². The van der Waals surface area contributed by atoms with Crippen LogP contribution in [-0.4, -0.2) is 25.8 Å². The molecule has 2 heterocycles. The molecule has 8 heteroatoms. The summed E-state index contributed by atoms with van der Waals surface area (Å²) in [7, 11) is 0. The number of halogens is 3. The van der Waals surface area contributed by atoms with Gasteiger partial charge in [-0.3, -0.25) is 0 Å². The van der Waals surface area contributed by atoms with Crippen molar-refractivity contribution in [2.24, 2.45) is 5.92 Å². The lowest BCUT2D eigenvalue weighted by atomic mass is 10.00. The van der Waals surface area contributed by atoms with E-state index in [0.29, 0.717) is 22.5 Å². The molecular formula is C20H18F3N3O2. The highest BCUT2D eigenvalue weighted by molar-refractivity contribution is 5.89. The first-order chi connectivity index (χ1) is 13.2. The van der Waals surface area contributed by atoms with E-state index in [2.05, 4.69) is 23.9 Å². The topological polar surface area (TPSA) is 68.0 Å². The smallest absolute Gasteiger partial charge is 0.434 e. The summed E-state index contributed by atoms with van der Waals surface area (Å²) in [6.07, 6.45) is -3.34. The average Bonchev–Trinajstić information content (AvgIpc) is 3.07. The molecule has 0 unspecified atom stereocenters. The molecule has 0 radical (unpaired) electrons. The van der Waals surface area contributed by atoms with Gasteiger partial charge in [0.15, 0.2) is 11.5 Å². The number of benzene rings is 1. The molecule has 0 fully saturated rings. The van der Waals surface area contributed by atoms with E-state index in [4.69, 9.17) is 5.11 Å². The number of hydrogen-bond acceptors (Lipinski definition) is 3. The minimum atomic E-state index is -4.89. The Balaban J connectivity index is 2.07. The van der Waals surface area contributed by atoms with E-state index in [1.54, 1.807) is 12.1 Å². The highest BCUT2D eigenvalue weighted by Gasteiger charge is 2.41. The summed E-state index contributed by atoms with van der Waals surface area (Å²) >= 11 is 0. The maximum Gasteiger partial charge on any atom is 0.434 e. The van der Waals surface area contributed by atoms with Crippen LogP contribution < -0.4 is 0 Å². The second-order valence-electron chi connectivity index (χ2n) is 6.80. The molecule has 0 saturated heterocycles. The monoisotopic (exact) mass is 389 g/mol. The lowest BCUT2D eigenvalue weighted by Crippen LogP contribution is -2.18. The lowest BCUT2D eigenvalue weighted by Gasteiger charge is -2.12. The Morgan fingerprint density at radius 3 is 2.54 bits per heavy atom. The zero-order chi connectivity index (χ0) is 20.5. The zero-order valence-corrected chi connectivity index (χ0v) is 15.2. The molecule has 0 amide bonds. The molecular weight excluding hydrogens is 371 g/mol. The van der Waals surface area contributed by atoms with Crippen LogP contribution in [0.25, 0.3) is 17.1 Å². The Bertz CT molecular complexity index is 1010. The normalized spacial score (nSPS) is 11.8. The number of aromatic nitrogens is 3. The van der Waals surface area contributed by atoms with E-state index in [1.165, 1.54) is 6.07 Å². The molecule has 3 aromatic rings. The molecule has 5 nitrogen and oxygen atoms in total. The number of nitrogens with zero attached hydrogens (tertiary/aromatic N) is 3. The van der Waals surface area contributed by atoms with Gasteiger partial charge in [0.25, 0.3) is 0 Å². The molecule has 0 aliphatic rings. The van der Waals surface area contributed by atoms with Gasteiger partial charge < -0.3 is 5.11 Å². The first-order valence-electron chi connectivity index (χ1n) is 8.62. The Kier molecular flexibility index (Phi) is 5.22. The maximum atomic E-state index is 13.4. The van der Waals surface area contributed by atoms with Crippen molar-refractivity contribution in [3.05, 3.63) is 65.5 Å². The first kappa shape index (κ1) is 19.6. The maximum absolute atomic E-state index is 13.4. The van der Waals surface area contributed by atoms with Crippen LogP contribution in [0.2, 0.25) is 0 Å².